The lowest BCUT2D eigenvalue weighted by atomic mass is 9.90. The van der Waals surface area contributed by atoms with E-state index >= 15 is 0 Å². The van der Waals surface area contributed by atoms with E-state index < -0.39 is 0 Å². The summed E-state index contributed by atoms with van der Waals surface area (Å²) < 4.78 is 6.60. The number of hydrogen-bond acceptors (Lipinski definition) is 3. The summed E-state index contributed by atoms with van der Waals surface area (Å²) in [5, 5.41) is 7.50. The van der Waals surface area contributed by atoms with Crippen molar-refractivity contribution < 1.29 is 4.42 Å². The number of allylic oxidation sites excluding steroid dienone is 3. The van der Waals surface area contributed by atoms with Gasteiger partial charge < -0.3 is 9.32 Å². The van der Waals surface area contributed by atoms with Gasteiger partial charge >= 0.3 is 0 Å². The summed E-state index contributed by atoms with van der Waals surface area (Å²) in [6.07, 6.45) is 9.13. The van der Waals surface area contributed by atoms with Crippen molar-refractivity contribution in [2.75, 3.05) is 4.90 Å². The molecular formula is C50H33NOS. The van der Waals surface area contributed by atoms with E-state index in [-0.39, 0.29) is 0 Å². The molecule has 0 amide bonds. The van der Waals surface area contributed by atoms with Gasteiger partial charge in [-0.25, -0.2) is 0 Å². The summed E-state index contributed by atoms with van der Waals surface area (Å²) in [6, 6.07) is 59.6. The van der Waals surface area contributed by atoms with Gasteiger partial charge in [-0.1, -0.05) is 133 Å². The molecule has 11 rings (SSSR count). The van der Waals surface area contributed by atoms with E-state index in [0.29, 0.717) is 11.2 Å². The molecule has 1 aromatic heterocycles. The number of rotatable bonds is 5. The Morgan fingerprint density at radius 3 is 2.13 bits per heavy atom. The van der Waals surface area contributed by atoms with Gasteiger partial charge in [-0.15, -0.1) is 11.8 Å². The van der Waals surface area contributed by atoms with E-state index in [4.69, 9.17) is 4.42 Å². The minimum atomic E-state index is 0.311. The Morgan fingerprint density at radius 2 is 1.23 bits per heavy atom. The van der Waals surface area contributed by atoms with Crippen LogP contribution < -0.4 is 4.90 Å². The van der Waals surface area contributed by atoms with E-state index in [9.17, 15) is 0 Å². The molecule has 2 aliphatic rings. The Morgan fingerprint density at radius 1 is 0.509 bits per heavy atom. The third-order valence-corrected chi connectivity index (χ3v) is 12.3. The van der Waals surface area contributed by atoms with Crippen LogP contribution in [-0.2, 0) is 0 Å². The predicted octanol–water partition coefficient (Wildman–Crippen LogP) is 14.4. The van der Waals surface area contributed by atoms with Crippen LogP contribution in [-0.4, -0.2) is 5.25 Å². The van der Waals surface area contributed by atoms with E-state index in [1.165, 1.54) is 43.4 Å². The van der Waals surface area contributed by atoms with Crippen LogP contribution >= 0.6 is 11.8 Å². The Hall–Kier alpha value is -6.29. The van der Waals surface area contributed by atoms with Gasteiger partial charge in [0.25, 0.3) is 0 Å². The van der Waals surface area contributed by atoms with Crippen molar-refractivity contribution in [1.82, 2.24) is 0 Å². The van der Waals surface area contributed by atoms with Crippen LogP contribution in [0.5, 0.6) is 0 Å². The second kappa shape index (κ2) is 12.2. The van der Waals surface area contributed by atoms with Crippen LogP contribution in [0.3, 0.4) is 0 Å². The molecule has 2 nitrogen and oxygen atoms in total. The van der Waals surface area contributed by atoms with Crippen molar-refractivity contribution in [3.63, 3.8) is 0 Å². The minimum Gasteiger partial charge on any atom is -0.455 e. The van der Waals surface area contributed by atoms with Crippen molar-refractivity contribution >= 4 is 72.3 Å². The number of benzene rings is 8. The summed E-state index contributed by atoms with van der Waals surface area (Å²) >= 11 is 1.97. The minimum absolute atomic E-state index is 0.311. The summed E-state index contributed by atoms with van der Waals surface area (Å²) in [6.45, 7) is 0. The molecule has 1 aliphatic carbocycles. The average Bonchev–Trinajstić information content (AvgIpc) is 3.80. The quantitative estimate of drug-likeness (QED) is 0.178. The maximum absolute atomic E-state index is 6.60. The molecule has 250 valence electrons. The van der Waals surface area contributed by atoms with Crippen LogP contribution in [0.1, 0.15) is 11.5 Å². The molecule has 0 fully saturated rings. The molecule has 1 aliphatic heterocycles. The first-order valence-electron chi connectivity index (χ1n) is 18.2. The highest BCUT2D eigenvalue weighted by Gasteiger charge is 2.35. The number of nitrogens with zero attached hydrogens (tertiary/aromatic N) is 1. The highest BCUT2D eigenvalue weighted by Crippen LogP contribution is 2.54. The lowest BCUT2D eigenvalue weighted by Crippen LogP contribution is -2.15. The second-order valence-electron chi connectivity index (χ2n) is 14.0. The molecule has 3 heteroatoms. The van der Waals surface area contributed by atoms with Crippen LogP contribution in [0, 0.1) is 0 Å². The third kappa shape index (κ3) is 4.96. The largest absolute Gasteiger partial charge is 0.455 e. The smallest absolute Gasteiger partial charge is 0.143 e. The van der Waals surface area contributed by atoms with E-state index in [1.807, 2.05) is 11.8 Å². The molecule has 2 atom stereocenters. The SMILES string of the molecule is C1=CC2Sc3cccc(N(c4cccc(-c5ccc6ccccc6c5)c4)c4cccc(-c5cccc6oc7c8ccccc8ccc7c56)c4)c3C2C=C1. The molecule has 2 unspecified atom stereocenters. The Labute approximate surface area is 312 Å². The Balaban J connectivity index is 1.11. The zero-order valence-corrected chi connectivity index (χ0v) is 29.6. The first-order chi connectivity index (χ1) is 26.3. The first kappa shape index (κ1) is 30.3. The second-order valence-corrected chi connectivity index (χ2v) is 15.2. The van der Waals surface area contributed by atoms with Crippen LogP contribution in [0.15, 0.2) is 197 Å². The zero-order chi connectivity index (χ0) is 34.9. The van der Waals surface area contributed by atoms with E-state index in [1.54, 1.807) is 0 Å². The lowest BCUT2D eigenvalue weighted by molar-refractivity contribution is 0.673. The lowest BCUT2D eigenvalue weighted by Gasteiger charge is -2.30. The molecule has 53 heavy (non-hydrogen) atoms. The number of anilines is 3. The summed E-state index contributed by atoms with van der Waals surface area (Å²) in [4.78, 5) is 3.82. The van der Waals surface area contributed by atoms with Crippen molar-refractivity contribution in [2.45, 2.75) is 16.1 Å². The van der Waals surface area contributed by atoms with Gasteiger partial charge in [0.1, 0.15) is 11.2 Å². The van der Waals surface area contributed by atoms with Crippen LogP contribution in [0.4, 0.5) is 17.1 Å². The molecule has 0 saturated carbocycles. The zero-order valence-electron chi connectivity index (χ0n) is 28.8. The van der Waals surface area contributed by atoms with Crippen molar-refractivity contribution in [2.24, 2.45) is 0 Å². The van der Waals surface area contributed by atoms with Gasteiger partial charge in [-0.05, 0) is 98.6 Å². The van der Waals surface area contributed by atoms with Gasteiger partial charge in [0.05, 0.1) is 5.69 Å². The predicted molar refractivity (Wildman–Crippen MR) is 225 cm³/mol. The summed E-state index contributed by atoms with van der Waals surface area (Å²) in [5.41, 5.74) is 11.4. The van der Waals surface area contributed by atoms with Crippen molar-refractivity contribution in [3.05, 3.63) is 194 Å². The summed E-state index contributed by atoms with van der Waals surface area (Å²) in [5.74, 6) is 0.311. The van der Waals surface area contributed by atoms with Crippen molar-refractivity contribution in [1.29, 1.82) is 0 Å². The molecule has 0 N–H and O–H groups in total. The normalized spacial score (nSPS) is 16.1. The number of furan rings is 1. The standard InChI is InChI=1S/C50H33NOS/c1-2-13-34-29-36(26-25-32(34)11-1)35-14-7-16-38(30-35)51(44-21-10-24-47-49(44)42-19-5-6-23-46(42)53-47)39-17-8-15-37(31-39)40-20-9-22-45-48(40)43-28-27-33-12-3-4-18-41(33)50(43)52-45/h1-31,42,46H. The van der Waals surface area contributed by atoms with E-state index in [0.717, 1.165) is 49.8 Å². The maximum Gasteiger partial charge on any atom is 0.143 e. The highest BCUT2D eigenvalue weighted by molar-refractivity contribution is 8.00. The third-order valence-electron chi connectivity index (χ3n) is 11.0. The molecule has 0 radical (unpaired) electrons. The maximum atomic E-state index is 6.60. The molecule has 2 heterocycles. The molecular weight excluding hydrogens is 663 g/mol. The van der Waals surface area contributed by atoms with Gasteiger partial charge in [0.15, 0.2) is 0 Å². The molecule has 0 spiro atoms. The molecule has 0 saturated heterocycles. The monoisotopic (exact) mass is 695 g/mol. The Bertz CT molecular complexity index is 2970. The molecule has 9 aromatic rings. The molecule has 8 aromatic carbocycles. The topological polar surface area (TPSA) is 16.4 Å². The average molecular weight is 696 g/mol. The van der Waals surface area contributed by atoms with Gasteiger partial charge in [0.2, 0.25) is 0 Å². The van der Waals surface area contributed by atoms with Crippen LogP contribution in [0.25, 0.3) is 65.7 Å². The summed E-state index contributed by atoms with van der Waals surface area (Å²) in [7, 11) is 0. The fourth-order valence-corrected chi connectivity index (χ4v) is 9.86. The van der Waals surface area contributed by atoms with Gasteiger partial charge in [-0.3, -0.25) is 0 Å². The van der Waals surface area contributed by atoms with Crippen LogP contribution in [0.2, 0.25) is 0 Å². The fourth-order valence-electron chi connectivity index (χ4n) is 8.50. The molecule has 0 bridgehead atoms. The van der Waals surface area contributed by atoms with Gasteiger partial charge in [0, 0.05) is 43.6 Å². The first-order valence-corrected chi connectivity index (χ1v) is 19.1. The highest BCUT2D eigenvalue weighted by atomic mass is 32.2. The number of hydrogen-bond donors (Lipinski definition) is 0. The number of fused-ring (bicyclic) bond motifs is 9. The van der Waals surface area contributed by atoms with E-state index in [2.05, 4.69) is 193 Å². The Kier molecular flexibility index (Phi) is 6.96. The number of thioether (sulfide) groups is 1. The fraction of sp³-hybridized carbons (Fsp3) is 0.0400. The van der Waals surface area contributed by atoms with Crippen molar-refractivity contribution in [3.8, 4) is 22.3 Å². The van der Waals surface area contributed by atoms with Gasteiger partial charge in [-0.2, -0.15) is 0 Å².